The number of nitrogen functional groups attached to an aromatic ring is 1. The molecule has 0 saturated heterocycles. The predicted molar refractivity (Wildman–Crippen MR) is 73.2 cm³/mol. The van der Waals surface area contributed by atoms with Gasteiger partial charge in [-0.25, -0.2) is 0 Å². The fourth-order valence-corrected chi connectivity index (χ4v) is 1.80. The lowest BCUT2D eigenvalue weighted by Crippen LogP contribution is -2.06. The summed E-state index contributed by atoms with van der Waals surface area (Å²) in [6.07, 6.45) is -4.37. The molecule has 6 heteroatoms. The lowest BCUT2D eigenvalue weighted by Gasteiger charge is -2.12. The van der Waals surface area contributed by atoms with E-state index in [-0.39, 0.29) is 6.61 Å². The quantitative estimate of drug-likeness (QED) is 0.871. The van der Waals surface area contributed by atoms with Crippen molar-refractivity contribution in [3.05, 3.63) is 53.6 Å². The van der Waals surface area contributed by atoms with E-state index < -0.39 is 11.7 Å². The minimum absolute atomic E-state index is 0.00416. The fraction of sp³-hybridized carbons (Fsp3) is 0.200. The van der Waals surface area contributed by atoms with Gasteiger partial charge in [-0.15, -0.1) is 0 Å². The van der Waals surface area contributed by atoms with Gasteiger partial charge in [0.1, 0.15) is 6.61 Å². The van der Waals surface area contributed by atoms with Crippen LogP contribution in [0.4, 0.5) is 18.9 Å². The van der Waals surface area contributed by atoms with Crippen molar-refractivity contribution in [1.82, 2.24) is 0 Å². The lowest BCUT2D eigenvalue weighted by molar-refractivity contribution is -0.137. The van der Waals surface area contributed by atoms with Gasteiger partial charge in [-0.2, -0.15) is 13.2 Å². The van der Waals surface area contributed by atoms with Crippen LogP contribution in [0, 0.1) is 0 Å². The Labute approximate surface area is 120 Å². The van der Waals surface area contributed by atoms with Gasteiger partial charge in [0.15, 0.2) is 11.5 Å². The number of anilines is 1. The van der Waals surface area contributed by atoms with Crippen LogP contribution in [0.25, 0.3) is 0 Å². The van der Waals surface area contributed by atoms with E-state index in [2.05, 4.69) is 0 Å². The van der Waals surface area contributed by atoms with Crippen LogP contribution >= 0.6 is 0 Å². The van der Waals surface area contributed by atoms with Gasteiger partial charge in [0.05, 0.1) is 12.7 Å². The van der Waals surface area contributed by atoms with Crippen LogP contribution in [0.2, 0.25) is 0 Å². The van der Waals surface area contributed by atoms with Crippen molar-refractivity contribution in [2.45, 2.75) is 12.8 Å². The molecule has 0 aliphatic rings. The molecule has 2 rings (SSSR count). The number of alkyl halides is 3. The van der Waals surface area contributed by atoms with E-state index in [1.807, 2.05) is 0 Å². The molecule has 21 heavy (non-hydrogen) atoms. The standard InChI is InChI=1S/C15H14F3NO2/c1-20-14-8-12(19)5-6-13(14)21-9-10-3-2-4-11(7-10)15(16,17)18/h2-8H,9,19H2,1H3. The number of nitrogens with two attached hydrogens (primary N) is 1. The van der Waals surface area contributed by atoms with Gasteiger partial charge in [0.25, 0.3) is 0 Å². The summed E-state index contributed by atoms with van der Waals surface area (Å²) in [6, 6.07) is 9.82. The van der Waals surface area contributed by atoms with Crippen molar-refractivity contribution in [3.8, 4) is 11.5 Å². The Morgan fingerprint density at radius 2 is 1.81 bits per heavy atom. The van der Waals surface area contributed by atoms with Crippen LogP contribution in [0.15, 0.2) is 42.5 Å². The summed E-state index contributed by atoms with van der Waals surface area (Å²) in [5.41, 5.74) is 5.85. The summed E-state index contributed by atoms with van der Waals surface area (Å²) in [5.74, 6) is 0.853. The number of methoxy groups -OCH3 is 1. The summed E-state index contributed by atoms with van der Waals surface area (Å²) in [4.78, 5) is 0. The van der Waals surface area contributed by atoms with Crippen molar-refractivity contribution in [1.29, 1.82) is 0 Å². The van der Waals surface area contributed by atoms with E-state index in [9.17, 15) is 13.2 Å². The van der Waals surface area contributed by atoms with Gasteiger partial charge < -0.3 is 15.2 Å². The van der Waals surface area contributed by atoms with E-state index in [0.29, 0.717) is 22.7 Å². The minimum Gasteiger partial charge on any atom is -0.493 e. The molecule has 0 amide bonds. The maximum absolute atomic E-state index is 12.6. The van der Waals surface area contributed by atoms with Crippen LogP contribution in [0.5, 0.6) is 11.5 Å². The maximum atomic E-state index is 12.6. The molecule has 0 aromatic heterocycles. The highest BCUT2D eigenvalue weighted by Gasteiger charge is 2.30. The molecule has 0 fully saturated rings. The van der Waals surface area contributed by atoms with Gasteiger partial charge in [-0.05, 0) is 29.8 Å². The summed E-state index contributed by atoms with van der Waals surface area (Å²) >= 11 is 0. The average Bonchev–Trinajstić information content (AvgIpc) is 2.45. The molecule has 2 N–H and O–H groups in total. The largest absolute Gasteiger partial charge is 0.493 e. The highest BCUT2D eigenvalue weighted by Crippen LogP contribution is 2.31. The van der Waals surface area contributed by atoms with Gasteiger partial charge in [-0.1, -0.05) is 12.1 Å². The Kier molecular flexibility index (Phi) is 4.26. The zero-order valence-corrected chi connectivity index (χ0v) is 11.3. The summed E-state index contributed by atoms with van der Waals surface area (Å²) in [6.45, 7) is 0.00416. The van der Waals surface area contributed by atoms with Gasteiger partial charge in [0.2, 0.25) is 0 Å². The predicted octanol–water partition coefficient (Wildman–Crippen LogP) is 3.88. The van der Waals surface area contributed by atoms with E-state index in [4.69, 9.17) is 15.2 Å². The molecule has 0 bridgehead atoms. The molecule has 0 radical (unpaired) electrons. The van der Waals surface area contributed by atoms with Crippen LogP contribution in [0.3, 0.4) is 0 Å². The number of rotatable bonds is 4. The van der Waals surface area contributed by atoms with Gasteiger partial charge in [0, 0.05) is 11.8 Å². The number of hydrogen-bond donors (Lipinski definition) is 1. The van der Waals surface area contributed by atoms with E-state index in [1.165, 1.54) is 13.2 Å². The van der Waals surface area contributed by atoms with Crippen molar-refractivity contribution in [2.24, 2.45) is 0 Å². The number of halogens is 3. The molecular weight excluding hydrogens is 283 g/mol. The van der Waals surface area contributed by atoms with E-state index in [0.717, 1.165) is 12.1 Å². The summed E-state index contributed by atoms with van der Waals surface area (Å²) in [5, 5.41) is 0. The maximum Gasteiger partial charge on any atom is 0.416 e. The average molecular weight is 297 g/mol. The van der Waals surface area contributed by atoms with Crippen molar-refractivity contribution < 1.29 is 22.6 Å². The van der Waals surface area contributed by atoms with Gasteiger partial charge >= 0.3 is 6.18 Å². The summed E-state index contributed by atoms with van der Waals surface area (Å²) < 4.78 is 48.5. The third-order valence-electron chi connectivity index (χ3n) is 2.84. The van der Waals surface area contributed by atoms with E-state index in [1.54, 1.807) is 24.3 Å². The monoisotopic (exact) mass is 297 g/mol. The summed E-state index contributed by atoms with van der Waals surface area (Å²) in [7, 11) is 1.46. The molecule has 0 saturated carbocycles. The zero-order valence-electron chi connectivity index (χ0n) is 11.3. The Balaban J connectivity index is 2.13. The SMILES string of the molecule is COc1cc(N)ccc1OCc1cccc(C(F)(F)F)c1. The molecule has 0 aliphatic carbocycles. The molecule has 0 atom stereocenters. The molecule has 2 aromatic carbocycles. The van der Waals surface area contributed by atoms with Crippen LogP contribution in [0.1, 0.15) is 11.1 Å². The first kappa shape index (κ1) is 15.0. The first-order chi connectivity index (χ1) is 9.90. The van der Waals surface area contributed by atoms with Crippen LogP contribution in [-0.4, -0.2) is 7.11 Å². The Morgan fingerprint density at radius 1 is 1.05 bits per heavy atom. The number of benzene rings is 2. The first-order valence-corrected chi connectivity index (χ1v) is 6.12. The second kappa shape index (κ2) is 5.95. The molecule has 112 valence electrons. The molecule has 3 nitrogen and oxygen atoms in total. The van der Waals surface area contributed by atoms with Crippen molar-refractivity contribution in [3.63, 3.8) is 0 Å². The Morgan fingerprint density at radius 3 is 2.48 bits per heavy atom. The van der Waals surface area contributed by atoms with Crippen LogP contribution < -0.4 is 15.2 Å². The number of hydrogen-bond acceptors (Lipinski definition) is 3. The molecule has 0 spiro atoms. The second-order valence-corrected chi connectivity index (χ2v) is 4.40. The Hall–Kier alpha value is -2.37. The van der Waals surface area contributed by atoms with E-state index >= 15 is 0 Å². The normalized spacial score (nSPS) is 11.2. The minimum atomic E-state index is -4.37. The molecule has 0 aliphatic heterocycles. The third-order valence-corrected chi connectivity index (χ3v) is 2.84. The van der Waals surface area contributed by atoms with Crippen LogP contribution in [-0.2, 0) is 12.8 Å². The molecule has 0 heterocycles. The number of ether oxygens (including phenoxy) is 2. The topological polar surface area (TPSA) is 44.5 Å². The zero-order chi connectivity index (χ0) is 15.5. The molecular formula is C15H14F3NO2. The second-order valence-electron chi connectivity index (χ2n) is 4.40. The Bertz CT molecular complexity index is 627. The molecule has 2 aromatic rings. The van der Waals surface area contributed by atoms with Gasteiger partial charge in [-0.3, -0.25) is 0 Å². The highest BCUT2D eigenvalue weighted by atomic mass is 19.4. The fourth-order valence-electron chi connectivity index (χ4n) is 1.80. The van der Waals surface area contributed by atoms with Crippen molar-refractivity contribution in [2.75, 3.05) is 12.8 Å². The highest BCUT2D eigenvalue weighted by molar-refractivity contribution is 5.52. The lowest BCUT2D eigenvalue weighted by atomic mass is 10.1. The molecule has 0 unspecified atom stereocenters. The third kappa shape index (κ3) is 3.81. The van der Waals surface area contributed by atoms with Crippen molar-refractivity contribution >= 4 is 5.69 Å². The smallest absolute Gasteiger partial charge is 0.416 e. The first-order valence-electron chi connectivity index (χ1n) is 6.12.